The Morgan fingerprint density at radius 2 is 2.17 bits per heavy atom. The van der Waals surface area contributed by atoms with Crippen molar-refractivity contribution in [2.45, 2.75) is 18.9 Å². The summed E-state index contributed by atoms with van der Waals surface area (Å²) in [5.74, 6) is 0.00968. The van der Waals surface area contributed by atoms with Crippen LogP contribution >= 0.6 is 0 Å². The summed E-state index contributed by atoms with van der Waals surface area (Å²) in [4.78, 5) is 16.4. The van der Waals surface area contributed by atoms with Crippen LogP contribution in [0.4, 0.5) is 0 Å². The van der Waals surface area contributed by atoms with Crippen LogP contribution in [-0.2, 0) is 0 Å². The second-order valence-corrected chi connectivity index (χ2v) is 5.07. The molecule has 1 saturated heterocycles. The number of aromatic hydroxyl groups is 1. The van der Waals surface area contributed by atoms with Gasteiger partial charge in [-0.25, -0.2) is 0 Å². The Labute approximate surface area is 108 Å². The van der Waals surface area contributed by atoms with Gasteiger partial charge in [0.2, 0.25) is 0 Å². The number of carbonyl (C=O) groups excluding carboxylic acids is 1. The average Bonchev–Trinajstić information content (AvgIpc) is 2.76. The van der Waals surface area contributed by atoms with E-state index < -0.39 is 0 Å². The third-order valence-corrected chi connectivity index (χ3v) is 3.35. The van der Waals surface area contributed by atoms with E-state index in [0.717, 1.165) is 25.9 Å². The highest BCUT2D eigenvalue weighted by Crippen LogP contribution is 2.24. The average molecular weight is 248 g/mol. The molecule has 1 fully saturated rings. The van der Waals surface area contributed by atoms with Crippen LogP contribution in [0.15, 0.2) is 24.3 Å². The van der Waals surface area contributed by atoms with Gasteiger partial charge < -0.3 is 14.9 Å². The number of phenolic OH excluding ortho intramolecular Hbond substituents is 1. The van der Waals surface area contributed by atoms with Gasteiger partial charge in [0.1, 0.15) is 5.75 Å². The van der Waals surface area contributed by atoms with E-state index in [1.54, 1.807) is 24.3 Å². The molecule has 4 heteroatoms. The number of hydrogen-bond acceptors (Lipinski definition) is 3. The first kappa shape index (κ1) is 12.9. The van der Waals surface area contributed by atoms with Crippen LogP contribution in [0, 0.1) is 0 Å². The van der Waals surface area contributed by atoms with Gasteiger partial charge in [0, 0.05) is 19.1 Å². The van der Waals surface area contributed by atoms with Gasteiger partial charge in [0.15, 0.2) is 0 Å². The maximum Gasteiger partial charge on any atom is 0.257 e. The molecule has 0 saturated carbocycles. The standard InChI is InChI=1S/C14H20N2O2/c1-15(2)10-11-6-5-9-16(11)14(18)12-7-3-4-8-13(12)17/h3-4,7-8,11,17H,5-6,9-10H2,1-2H3. The molecule has 1 aromatic carbocycles. The molecule has 4 nitrogen and oxygen atoms in total. The SMILES string of the molecule is CN(C)CC1CCCN1C(=O)c1ccccc1O. The largest absolute Gasteiger partial charge is 0.507 e. The van der Waals surface area contributed by atoms with Crippen LogP contribution in [0.1, 0.15) is 23.2 Å². The molecule has 1 amide bonds. The second kappa shape index (κ2) is 5.40. The quantitative estimate of drug-likeness (QED) is 0.882. The molecule has 1 atom stereocenters. The van der Waals surface area contributed by atoms with Crippen molar-refractivity contribution in [3.8, 4) is 5.75 Å². The lowest BCUT2D eigenvalue weighted by Gasteiger charge is -2.27. The highest BCUT2D eigenvalue weighted by molar-refractivity contribution is 5.97. The van der Waals surface area contributed by atoms with Gasteiger partial charge in [-0.1, -0.05) is 12.1 Å². The number of amides is 1. The first-order valence-corrected chi connectivity index (χ1v) is 6.33. The van der Waals surface area contributed by atoms with E-state index in [1.807, 2.05) is 19.0 Å². The lowest BCUT2D eigenvalue weighted by Crippen LogP contribution is -2.41. The number of phenols is 1. The number of para-hydroxylation sites is 1. The molecule has 1 heterocycles. The van der Waals surface area contributed by atoms with Crippen molar-refractivity contribution in [3.63, 3.8) is 0 Å². The van der Waals surface area contributed by atoms with Crippen molar-refractivity contribution in [1.29, 1.82) is 0 Å². The highest BCUT2D eigenvalue weighted by Gasteiger charge is 2.30. The summed E-state index contributed by atoms with van der Waals surface area (Å²) in [6.07, 6.45) is 2.08. The summed E-state index contributed by atoms with van der Waals surface area (Å²) in [6.45, 7) is 1.66. The molecule has 0 aliphatic carbocycles. The fraction of sp³-hybridized carbons (Fsp3) is 0.500. The van der Waals surface area contributed by atoms with E-state index in [9.17, 15) is 9.90 Å². The molecule has 1 aliphatic rings. The molecular formula is C14H20N2O2. The molecule has 0 bridgehead atoms. The van der Waals surface area contributed by atoms with Crippen molar-refractivity contribution in [3.05, 3.63) is 29.8 Å². The Balaban J connectivity index is 2.15. The van der Waals surface area contributed by atoms with E-state index in [1.165, 1.54) is 0 Å². The maximum atomic E-state index is 12.4. The lowest BCUT2D eigenvalue weighted by molar-refractivity contribution is 0.0713. The summed E-state index contributed by atoms with van der Waals surface area (Å²) in [5, 5.41) is 9.75. The number of benzene rings is 1. The van der Waals surface area contributed by atoms with E-state index >= 15 is 0 Å². The monoisotopic (exact) mass is 248 g/mol. The van der Waals surface area contributed by atoms with Crippen LogP contribution in [0.5, 0.6) is 5.75 Å². The van der Waals surface area contributed by atoms with Crippen molar-refractivity contribution < 1.29 is 9.90 Å². The Hall–Kier alpha value is -1.55. The molecule has 0 radical (unpaired) electrons. The van der Waals surface area contributed by atoms with Crippen molar-refractivity contribution in [2.75, 3.05) is 27.2 Å². The minimum Gasteiger partial charge on any atom is -0.507 e. The van der Waals surface area contributed by atoms with Gasteiger partial charge in [-0.15, -0.1) is 0 Å². The van der Waals surface area contributed by atoms with Crippen LogP contribution in [0.2, 0.25) is 0 Å². The number of nitrogens with zero attached hydrogens (tertiary/aromatic N) is 2. The molecule has 98 valence electrons. The van der Waals surface area contributed by atoms with E-state index in [4.69, 9.17) is 0 Å². The van der Waals surface area contributed by atoms with Crippen LogP contribution < -0.4 is 0 Å². The predicted octanol–water partition coefficient (Wildman–Crippen LogP) is 1.56. The molecule has 1 N–H and O–H groups in total. The summed E-state index contributed by atoms with van der Waals surface area (Å²) in [7, 11) is 4.03. The first-order chi connectivity index (χ1) is 8.59. The van der Waals surface area contributed by atoms with Gasteiger partial charge in [-0.2, -0.15) is 0 Å². The fourth-order valence-corrected chi connectivity index (χ4v) is 2.52. The molecule has 1 aromatic rings. The van der Waals surface area contributed by atoms with Crippen LogP contribution in [-0.4, -0.2) is 54.0 Å². The van der Waals surface area contributed by atoms with Crippen molar-refractivity contribution in [1.82, 2.24) is 9.80 Å². The van der Waals surface area contributed by atoms with Crippen molar-refractivity contribution >= 4 is 5.91 Å². The maximum absolute atomic E-state index is 12.4. The zero-order chi connectivity index (χ0) is 13.1. The summed E-state index contributed by atoms with van der Waals surface area (Å²) < 4.78 is 0. The number of rotatable bonds is 3. The minimum absolute atomic E-state index is 0.0579. The number of likely N-dealkylation sites (N-methyl/N-ethyl adjacent to an activating group) is 1. The van der Waals surface area contributed by atoms with Crippen LogP contribution in [0.25, 0.3) is 0 Å². The Morgan fingerprint density at radius 3 is 2.83 bits per heavy atom. The van der Waals surface area contributed by atoms with Gasteiger partial charge in [0.05, 0.1) is 5.56 Å². The topological polar surface area (TPSA) is 43.8 Å². The van der Waals surface area contributed by atoms with Crippen molar-refractivity contribution in [2.24, 2.45) is 0 Å². The Morgan fingerprint density at radius 1 is 1.44 bits per heavy atom. The number of likely N-dealkylation sites (tertiary alicyclic amines) is 1. The molecule has 18 heavy (non-hydrogen) atoms. The summed E-state index contributed by atoms with van der Waals surface area (Å²) in [5.41, 5.74) is 0.406. The molecule has 1 aliphatic heterocycles. The third kappa shape index (κ3) is 2.64. The van der Waals surface area contributed by atoms with E-state index in [2.05, 4.69) is 4.90 Å². The Kier molecular flexibility index (Phi) is 3.87. The number of carbonyl (C=O) groups is 1. The molecule has 0 aromatic heterocycles. The lowest BCUT2D eigenvalue weighted by atomic mass is 10.1. The Bertz CT molecular complexity index is 432. The molecule has 2 rings (SSSR count). The minimum atomic E-state index is -0.0579. The second-order valence-electron chi connectivity index (χ2n) is 5.07. The van der Waals surface area contributed by atoms with Crippen LogP contribution in [0.3, 0.4) is 0 Å². The van der Waals surface area contributed by atoms with Gasteiger partial charge in [-0.05, 0) is 39.1 Å². The zero-order valence-corrected chi connectivity index (χ0v) is 11.0. The third-order valence-electron chi connectivity index (χ3n) is 3.35. The predicted molar refractivity (Wildman–Crippen MR) is 70.7 cm³/mol. The summed E-state index contributed by atoms with van der Waals surface area (Å²) >= 11 is 0. The zero-order valence-electron chi connectivity index (χ0n) is 11.0. The molecular weight excluding hydrogens is 228 g/mol. The first-order valence-electron chi connectivity index (χ1n) is 6.33. The van der Waals surface area contributed by atoms with Gasteiger partial charge >= 0.3 is 0 Å². The normalized spacial score (nSPS) is 19.5. The van der Waals surface area contributed by atoms with Gasteiger partial charge in [0.25, 0.3) is 5.91 Å². The van der Waals surface area contributed by atoms with E-state index in [-0.39, 0.29) is 17.7 Å². The molecule has 1 unspecified atom stereocenters. The fourth-order valence-electron chi connectivity index (χ4n) is 2.52. The molecule has 0 spiro atoms. The summed E-state index contributed by atoms with van der Waals surface area (Å²) in [6, 6.07) is 7.01. The van der Waals surface area contributed by atoms with E-state index in [0.29, 0.717) is 5.56 Å². The smallest absolute Gasteiger partial charge is 0.257 e. The number of hydrogen-bond donors (Lipinski definition) is 1. The highest BCUT2D eigenvalue weighted by atomic mass is 16.3. The van der Waals surface area contributed by atoms with Gasteiger partial charge in [-0.3, -0.25) is 4.79 Å².